The molecule has 1 aromatic rings. The van der Waals surface area contributed by atoms with E-state index in [-0.39, 0.29) is 12.6 Å². The van der Waals surface area contributed by atoms with E-state index < -0.39 is 12.0 Å². The molecule has 2 heterocycles. The monoisotopic (exact) mass is 206 g/mol. The first kappa shape index (κ1) is 9.45. The molecule has 0 spiro atoms. The minimum absolute atomic E-state index is 0.0135. The van der Waals surface area contributed by atoms with Crippen LogP contribution in [0.5, 0.6) is 0 Å². The molecule has 1 aromatic heterocycles. The summed E-state index contributed by atoms with van der Waals surface area (Å²) >= 11 is 0. The van der Waals surface area contributed by atoms with Crippen LogP contribution in [-0.4, -0.2) is 20.8 Å². The standard InChI is InChI=1S/C7H9F3N4/c1-4-3-14-5(2-11-4)12-13-6(14)7(8,9)10/h4,11H,2-3H2,1H3/t4-/m0/s1. The third kappa shape index (κ3) is 1.47. The molecular formula is C7H9F3N4. The topological polar surface area (TPSA) is 42.7 Å². The number of fused-ring (bicyclic) bond motifs is 1. The SMILES string of the molecule is C[C@H]1Cn2c(nnc2C(F)(F)F)CN1. The van der Waals surface area contributed by atoms with Crippen molar-refractivity contribution in [1.29, 1.82) is 0 Å². The number of rotatable bonds is 0. The van der Waals surface area contributed by atoms with Crippen LogP contribution in [0.4, 0.5) is 13.2 Å². The van der Waals surface area contributed by atoms with Gasteiger partial charge in [-0.1, -0.05) is 0 Å². The van der Waals surface area contributed by atoms with E-state index in [9.17, 15) is 13.2 Å². The van der Waals surface area contributed by atoms with Gasteiger partial charge in [0.25, 0.3) is 0 Å². The van der Waals surface area contributed by atoms with Crippen LogP contribution in [0.3, 0.4) is 0 Å². The summed E-state index contributed by atoms with van der Waals surface area (Å²) in [6, 6.07) is 0.0135. The number of nitrogens with one attached hydrogen (secondary N) is 1. The third-order valence-electron chi connectivity index (χ3n) is 2.15. The lowest BCUT2D eigenvalue weighted by Gasteiger charge is -2.22. The highest BCUT2D eigenvalue weighted by Crippen LogP contribution is 2.28. The average Bonchev–Trinajstić information content (AvgIpc) is 2.45. The number of hydrogen-bond donors (Lipinski definition) is 1. The lowest BCUT2D eigenvalue weighted by atomic mass is 10.2. The van der Waals surface area contributed by atoms with Crippen LogP contribution in [0, 0.1) is 0 Å². The molecule has 0 unspecified atom stereocenters. The van der Waals surface area contributed by atoms with Crippen molar-refractivity contribution in [3.8, 4) is 0 Å². The van der Waals surface area contributed by atoms with Gasteiger partial charge in [-0.05, 0) is 6.92 Å². The normalized spacial score (nSPS) is 22.1. The summed E-state index contributed by atoms with van der Waals surface area (Å²) in [4.78, 5) is 0. The van der Waals surface area contributed by atoms with Gasteiger partial charge in [-0.25, -0.2) is 0 Å². The highest BCUT2D eigenvalue weighted by Gasteiger charge is 2.39. The van der Waals surface area contributed by atoms with Crippen molar-refractivity contribution in [2.45, 2.75) is 32.2 Å². The molecule has 14 heavy (non-hydrogen) atoms. The molecule has 4 nitrogen and oxygen atoms in total. The van der Waals surface area contributed by atoms with Gasteiger partial charge in [0.15, 0.2) is 0 Å². The molecule has 0 aliphatic carbocycles. The maximum absolute atomic E-state index is 12.4. The van der Waals surface area contributed by atoms with Crippen molar-refractivity contribution >= 4 is 0 Å². The summed E-state index contributed by atoms with van der Waals surface area (Å²) in [5.74, 6) is -0.559. The molecule has 1 aliphatic heterocycles. The summed E-state index contributed by atoms with van der Waals surface area (Å²) in [7, 11) is 0. The molecule has 0 aromatic carbocycles. The second-order valence-corrected chi connectivity index (χ2v) is 3.33. The zero-order valence-electron chi connectivity index (χ0n) is 7.47. The Bertz CT molecular complexity index is 343. The fourth-order valence-corrected chi connectivity index (χ4v) is 1.47. The Morgan fingerprint density at radius 2 is 2.14 bits per heavy atom. The molecule has 0 fully saturated rings. The average molecular weight is 206 g/mol. The molecule has 0 saturated carbocycles. The molecule has 1 N–H and O–H groups in total. The van der Waals surface area contributed by atoms with E-state index in [1.54, 1.807) is 0 Å². The largest absolute Gasteiger partial charge is 0.451 e. The van der Waals surface area contributed by atoms with Crippen LogP contribution in [0.2, 0.25) is 0 Å². The van der Waals surface area contributed by atoms with Crippen LogP contribution in [0.15, 0.2) is 0 Å². The second-order valence-electron chi connectivity index (χ2n) is 3.33. The van der Waals surface area contributed by atoms with E-state index in [2.05, 4.69) is 15.5 Å². The van der Waals surface area contributed by atoms with E-state index in [1.165, 1.54) is 0 Å². The van der Waals surface area contributed by atoms with Crippen LogP contribution in [-0.2, 0) is 19.3 Å². The van der Waals surface area contributed by atoms with E-state index in [4.69, 9.17) is 0 Å². The van der Waals surface area contributed by atoms with Crippen molar-refractivity contribution in [3.63, 3.8) is 0 Å². The first-order valence-electron chi connectivity index (χ1n) is 4.21. The zero-order chi connectivity index (χ0) is 10.3. The van der Waals surface area contributed by atoms with Gasteiger partial charge in [0, 0.05) is 12.6 Å². The maximum atomic E-state index is 12.4. The van der Waals surface area contributed by atoms with E-state index >= 15 is 0 Å². The highest BCUT2D eigenvalue weighted by molar-refractivity contribution is 5.02. The lowest BCUT2D eigenvalue weighted by molar-refractivity contribution is -0.147. The van der Waals surface area contributed by atoms with Crippen LogP contribution in [0.1, 0.15) is 18.6 Å². The highest BCUT2D eigenvalue weighted by atomic mass is 19.4. The molecule has 1 atom stereocenters. The summed E-state index contributed by atoms with van der Waals surface area (Å²) in [6.07, 6.45) is -4.41. The fourth-order valence-electron chi connectivity index (χ4n) is 1.47. The molecule has 0 bridgehead atoms. The Balaban J connectivity index is 2.41. The molecule has 0 saturated heterocycles. The van der Waals surface area contributed by atoms with Crippen LogP contribution >= 0.6 is 0 Å². The van der Waals surface area contributed by atoms with Gasteiger partial charge < -0.3 is 9.88 Å². The Morgan fingerprint density at radius 1 is 1.43 bits per heavy atom. The van der Waals surface area contributed by atoms with Crippen molar-refractivity contribution in [1.82, 2.24) is 20.1 Å². The number of aromatic nitrogens is 3. The summed E-state index contributed by atoms with van der Waals surface area (Å²) in [5, 5.41) is 9.65. The molecule has 78 valence electrons. The summed E-state index contributed by atoms with van der Waals surface area (Å²) < 4.78 is 38.3. The lowest BCUT2D eigenvalue weighted by Crippen LogP contribution is -2.38. The number of alkyl halides is 3. The number of hydrogen-bond acceptors (Lipinski definition) is 3. The van der Waals surface area contributed by atoms with Crippen molar-refractivity contribution in [3.05, 3.63) is 11.6 Å². The Kier molecular flexibility index (Phi) is 1.99. The number of nitrogens with zero attached hydrogens (tertiary/aromatic N) is 3. The first-order valence-corrected chi connectivity index (χ1v) is 4.21. The van der Waals surface area contributed by atoms with Crippen molar-refractivity contribution in [2.75, 3.05) is 0 Å². The smallest absolute Gasteiger partial charge is 0.306 e. The number of halogens is 3. The van der Waals surface area contributed by atoms with Gasteiger partial charge in [0.2, 0.25) is 5.82 Å². The van der Waals surface area contributed by atoms with Gasteiger partial charge in [-0.3, -0.25) is 0 Å². The quantitative estimate of drug-likeness (QED) is 0.682. The first-order chi connectivity index (χ1) is 6.48. The molecule has 2 rings (SSSR count). The van der Waals surface area contributed by atoms with Gasteiger partial charge in [0.1, 0.15) is 5.82 Å². The Hall–Kier alpha value is -1.11. The van der Waals surface area contributed by atoms with E-state index in [1.807, 2.05) is 6.92 Å². The molecule has 7 heteroatoms. The third-order valence-corrected chi connectivity index (χ3v) is 2.15. The minimum Gasteiger partial charge on any atom is -0.306 e. The van der Waals surface area contributed by atoms with Gasteiger partial charge in [-0.15, -0.1) is 10.2 Å². The Morgan fingerprint density at radius 3 is 2.79 bits per heavy atom. The molecular weight excluding hydrogens is 197 g/mol. The van der Waals surface area contributed by atoms with Gasteiger partial charge in [0.05, 0.1) is 6.54 Å². The maximum Gasteiger partial charge on any atom is 0.451 e. The van der Waals surface area contributed by atoms with Crippen LogP contribution < -0.4 is 5.32 Å². The zero-order valence-corrected chi connectivity index (χ0v) is 7.47. The van der Waals surface area contributed by atoms with Crippen molar-refractivity contribution < 1.29 is 13.2 Å². The van der Waals surface area contributed by atoms with E-state index in [0.29, 0.717) is 12.4 Å². The second kappa shape index (κ2) is 2.94. The summed E-state index contributed by atoms with van der Waals surface area (Å²) in [6.45, 7) is 2.42. The predicted octanol–water partition coefficient (Wildman–Crippen LogP) is 0.789. The minimum atomic E-state index is -4.41. The molecule has 0 radical (unpaired) electrons. The van der Waals surface area contributed by atoms with E-state index in [0.717, 1.165) is 4.57 Å². The predicted molar refractivity (Wildman–Crippen MR) is 41.3 cm³/mol. The molecule has 1 aliphatic rings. The van der Waals surface area contributed by atoms with Crippen molar-refractivity contribution in [2.24, 2.45) is 0 Å². The van der Waals surface area contributed by atoms with Gasteiger partial charge in [-0.2, -0.15) is 13.2 Å². The Labute approximate surface area is 78.1 Å². The fraction of sp³-hybridized carbons (Fsp3) is 0.714. The van der Waals surface area contributed by atoms with Crippen LogP contribution in [0.25, 0.3) is 0 Å². The summed E-state index contributed by atoms with van der Waals surface area (Å²) in [5.41, 5.74) is 0. The molecule has 0 amide bonds. The van der Waals surface area contributed by atoms with Gasteiger partial charge >= 0.3 is 6.18 Å².